The Morgan fingerprint density at radius 1 is 1.17 bits per heavy atom. The van der Waals surface area contributed by atoms with Crippen molar-refractivity contribution in [3.63, 3.8) is 0 Å². The molecule has 1 aromatic carbocycles. The standard InChI is InChI=1S/C8H6Br2F2/c1-4-6(9)2-5(8(11)12)3-7(4)10/h2-3,8H,1H3. The minimum absolute atomic E-state index is 0.0272. The zero-order chi connectivity index (χ0) is 9.30. The first kappa shape index (κ1) is 10.1. The molecule has 0 saturated heterocycles. The SMILES string of the molecule is Cc1c(Br)cc(C(F)F)cc1Br. The maximum Gasteiger partial charge on any atom is 0.263 e. The summed E-state index contributed by atoms with van der Waals surface area (Å²) in [6.07, 6.45) is -2.42. The lowest BCUT2D eigenvalue weighted by Crippen LogP contribution is -1.87. The predicted molar refractivity (Wildman–Crippen MR) is 51.5 cm³/mol. The summed E-state index contributed by atoms with van der Waals surface area (Å²) in [5.41, 5.74) is 0.957. The summed E-state index contributed by atoms with van der Waals surface area (Å²) in [5, 5.41) is 0. The van der Waals surface area contributed by atoms with Crippen molar-refractivity contribution in [2.75, 3.05) is 0 Å². The maximum atomic E-state index is 12.2. The van der Waals surface area contributed by atoms with Crippen LogP contribution in [0.3, 0.4) is 0 Å². The molecular formula is C8H6Br2F2. The van der Waals surface area contributed by atoms with Crippen LogP contribution >= 0.6 is 31.9 Å². The van der Waals surface area contributed by atoms with Gasteiger partial charge in [0.25, 0.3) is 6.43 Å². The highest BCUT2D eigenvalue weighted by Crippen LogP contribution is 2.30. The van der Waals surface area contributed by atoms with Crippen molar-refractivity contribution in [3.8, 4) is 0 Å². The van der Waals surface area contributed by atoms with E-state index < -0.39 is 6.43 Å². The van der Waals surface area contributed by atoms with Crippen LogP contribution in [0.2, 0.25) is 0 Å². The first-order valence-corrected chi connectivity index (χ1v) is 4.84. The monoisotopic (exact) mass is 298 g/mol. The first-order valence-electron chi connectivity index (χ1n) is 3.26. The van der Waals surface area contributed by atoms with Crippen molar-refractivity contribution in [1.82, 2.24) is 0 Å². The second kappa shape index (κ2) is 3.83. The molecule has 0 nitrogen and oxygen atoms in total. The molecule has 0 N–H and O–H groups in total. The fourth-order valence-corrected chi connectivity index (χ4v) is 2.01. The molecule has 0 heterocycles. The van der Waals surface area contributed by atoms with Crippen LogP contribution in [0.4, 0.5) is 8.78 Å². The van der Waals surface area contributed by atoms with E-state index in [9.17, 15) is 8.78 Å². The molecule has 12 heavy (non-hydrogen) atoms. The molecule has 0 spiro atoms. The van der Waals surface area contributed by atoms with Crippen LogP contribution in [0.25, 0.3) is 0 Å². The zero-order valence-electron chi connectivity index (χ0n) is 6.24. The molecule has 0 aromatic heterocycles. The third-order valence-corrected chi connectivity index (χ3v) is 3.20. The van der Waals surface area contributed by atoms with Gasteiger partial charge in [-0.3, -0.25) is 0 Å². The van der Waals surface area contributed by atoms with Gasteiger partial charge in [0.1, 0.15) is 0 Å². The highest BCUT2D eigenvalue weighted by atomic mass is 79.9. The minimum atomic E-state index is -2.42. The average Bonchev–Trinajstić information content (AvgIpc) is 1.99. The summed E-state index contributed by atoms with van der Waals surface area (Å²) >= 11 is 6.40. The van der Waals surface area contributed by atoms with Crippen LogP contribution in [0.5, 0.6) is 0 Å². The van der Waals surface area contributed by atoms with Crippen LogP contribution in [0, 0.1) is 6.92 Å². The molecule has 0 aliphatic heterocycles. The summed E-state index contributed by atoms with van der Waals surface area (Å²) in [7, 11) is 0. The summed E-state index contributed by atoms with van der Waals surface area (Å²) in [5.74, 6) is 0. The molecule has 4 heteroatoms. The molecule has 0 amide bonds. The van der Waals surface area contributed by atoms with E-state index in [0.717, 1.165) is 5.56 Å². The molecule has 1 rings (SSSR count). The van der Waals surface area contributed by atoms with Gasteiger partial charge in [-0.2, -0.15) is 0 Å². The largest absolute Gasteiger partial charge is 0.263 e. The Kier molecular flexibility index (Phi) is 3.23. The summed E-state index contributed by atoms with van der Waals surface area (Å²) in [4.78, 5) is 0. The van der Waals surface area contributed by atoms with Gasteiger partial charge in [0.2, 0.25) is 0 Å². The fraction of sp³-hybridized carbons (Fsp3) is 0.250. The molecule has 0 atom stereocenters. The van der Waals surface area contributed by atoms with E-state index in [1.165, 1.54) is 12.1 Å². The lowest BCUT2D eigenvalue weighted by atomic mass is 10.2. The van der Waals surface area contributed by atoms with E-state index in [-0.39, 0.29) is 5.56 Å². The average molecular weight is 300 g/mol. The van der Waals surface area contributed by atoms with Gasteiger partial charge in [0.05, 0.1) is 0 Å². The van der Waals surface area contributed by atoms with Crippen molar-refractivity contribution in [1.29, 1.82) is 0 Å². The molecule has 0 unspecified atom stereocenters. The zero-order valence-corrected chi connectivity index (χ0v) is 9.42. The van der Waals surface area contributed by atoms with Gasteiger partial charge in [-0.15, -0.1) is 0 Å². The van der Waals surface area contributed by atoms with E-state index >= 15 is 0 Å². The quantitative estimate of drug-likeness (QED) is 0.718. The Balaban J connectivity index is 3.21. The number of hydrogen-bond donors (Lipinski definition) is 0. The normalized spacial score (nSPS) is 10.8. The van der Waals surface area contributed by atoms with Crippen molar-refractivity contribution in [3.05, 3.63) is 32.2 Å². The number of benzene rings is 1. The van der Waals surface area contributed by atoms with Gasteiger partial charge >= 0.3 is 0 Å². The van der Waals surface area contributed by atoms with E-state index in [1.807, 2.05) is 6.92 Å². The molecule has 0 bridgehead atoms. The van der Waals surface area contributed by atoms with E-state index in [4.69, 9.17) is 0 Å². The lowest BCUT2D eigenvalue weighted by Gasteiger charge is -2.05. The summed E-state index contributed by atoms with van der Waals surface area (Å²) < 4.78 is 25.8. The lowest BCUT2D eigenvalue weighted by molar-refractivity contribution is 0.151. The van der Waals surface area contributed by atoms with Crippen LogP contribution in [-0.2, 0) is 0 Å². The second-order valence-electron chi connectivity index (χ2n) is 2.41. The van der Waals surface area contributed by atoms with Crippen molar-refractivity contribution in [2.24, 2.45) is 0 Å². The van der Waals surface area contributed by atoms with Crippen LogP contribution in [-0.4, -0.2) is 0 Å². The maximum absolute atomic E-state index is 12.2. The molecule has 0 saturated carbocycles. The topological polar surface area (TPSA) is 0 Å². The van der Waals surface area contributed by atoms with E-state index in [2.05, 4.69) is 31.9 Å². The fourth-order valence-electron chi connectivity index (χ4n) is 0.791. The number of hydrogen-bond acceptors (Lipinski definition) is 0. The molecule has 0 radical (unpaired) electrons. The van der Waals surface area contributed by atoms with Crippen LogP contribution < -0.4 is 0 Å². The van der Waals surface area contributed by atoms with Gasteiger partial charge in [0.15, 0.2) is 0 Å². The Labute approximate surface area is 86.2 Å². The first-order chi connectivity index (χ1) is 5.52. The van der Waals surface area contributed by atoms with Gasteiger partial charge in [-0.25, -0.2) is 8.78 Å². The molecule has 1 aromatic rings. The Hall–Kier alpha value is 0.0400. The van der Waals surface area contributed by atoms with Gasteiger partial charge in [-0.05, 0) is 24.6 Å². The highest BCUT2D eigenvalue weighted by molar-refractivity contribution is 9.11. The van der Waals surface area contributed by atoms with Gasteiger partial charge in [0, 0.05) is 14.5 Å². The van der Waals surface area contributed by atoms with Crippen molar-refractivity contribution in [2.45, 2.75) is 13.3 Å². The van der Waals surface area contributed by atoms with Crippen molar-refractivity contribution < 1.29 is 8.78 Å². The third-order valence-electron chi connectivity index (χ3n) is 1.56. The van der Waals surface area contributed by atoms with E-state index in [1.54, 1.807) is 0 Å². The van der Waals surface area contributed by atoms with E-state index in [0.29, 0.717) is 8.95 Å². The highest BCUT2D eigenvalue weighted by Gasteiger charge is 2.10. The summed E-state index contributed by atoms with van der Waals surface area (Å²) in [6, 6.07) is 2.87. The van der Waals surface area contributed by atoms with Gasteiger partial charge < -0.3 is 0 Å². The Morgan fingerprint density at radius 2 is 1.58 bits per heavy atom. The second-order valence-corrected chi connectivity index (χ2v) is 4.12. The Bertz CT molecular complexity index is 274. The molecular weight excluding hydrogens is 294 g/mol. The smallest absolute Gasteiger partial charge is 0.205 e. The molecule has 0 aliphatic rings. The van der Waals surface area contributed by atoms with Crippen molar-refractivity contribution >= 4 is 31.9 Å². The Morgan fingerprint density at radius 3 is 1.92 bits per heavy atom. The van der Waals surface area contributed by atoms with Crippen LogP contribution in [0.15, 0.2) is 21.1 Å². The third kappa shape index (κ3) is 2.04. The minimum Gasteiger partial charge on any atom is -0.205 e. The number of rotatable bonds is 1. The predicted octanol–water partition coefficient (Wildman–Crippen LogP) is 4.46. The summed E-state index contributed by atoms with van der Waals surface area (Å²) in [6.45, 7) is 1.85. The van der Waals surface area contributed by atoms with Gasteiger partial charge in [-0.1, -0.05) is 31.9 Å². The number of halogens is 4. The number of alkyl halides is 2. The molecule has 0 aliphatic carbocycles. The molecule has 0 fully saturated rings. The van der Waals surface area contributed by atoms with Crippen LogP contribution in [0.1, 0.15) is 17.6 Å². The molecule has 66 valence electrons.